The van der Waals surface area contributed by atoms with Crippen LogP contribution in [0.1, 0.15) is 64.0 Å². The maximum atomic E-state index is 14.8. The summed E-state index contributed by atoms with van der Waals surface area (Å²) in [4.78, 5) is 0. The molecule has 29 heavy (non-hydrogen) atoms. The van der Waals surface area contributed by atoms with Gasteiger partial charge in [-0.3, -0.25) is 0 Å². The number of unbranched alkanes of at least 4 members (excludes halogenated alkanes) is 1. The second kappa shape index (κ2) is 10.1. The van der Waals surface area contributed by atoms with Crippen molar-refractivity contribution in [3.8, 4) is 16.9 Å². The van der Waals surface area contributed by atoms with Crippen molar-refractivity contribution in [1.29, 1.82) is 0 Å². The highest BCUT2D eigenvalue weighted by atomic mass is 19.2. The van der Waals surface area contributed by atoms with E-state index in [1.165, 1.54) is 18.2 Å². The minimum Gasteiger partial charge on any atom is -0.490 e. The van der Waals surface area contributed by atoms with Crippen LogP contribution in [0.5, 0.6) is 5.75 Å². The first-order valence-electron chi connectivity index (χ1n) is 10.6. The summed E-state index contributed by atoms with van der Waals surface area (Å²) in [6, 6.07) is 7.33. The van der Waals surface area contributed by atoms with Gasteiger partial charge in [0, 0.05) is 11.1 Å². The van der Waals surface area contributed by atoms with Crippen molar-refractivity contribution < 1.29 is 22.6 Å². The fraction of sp³-hybridized carbons (Fsp3) is 0.500. The van der Waals surface area contributed by atoms with Gasteiger partial charge in [-0.15, -0.1) is 0 Å². The quantitative estimate of drug-likeness (QED) is 0.431. The molecule has 1 fully saturated rings. The van der Waals surface area contributed by atoms with Crippen LogP contribution >= 0.6 is 0 Å². The first kappa shape index (κ1) is 21.7. The van der Waals surface area contributed by atoms with E-state index in [1.54, 1.807) is 12.1 Å². The summed E-state index contributed by atoms with van der Waals surface area (Å²) in [5, 5.41) is 0. The smallest absolute Gasteiger partial charge is 0.201 e. The second-order valence-electron chi connectivity index (χ2n) is 7.73. The molecule has 2 atom stereocenters. The molecule has 3 rings (SSSR count). The lowest BCUT2D eigenvalue weighted by Gasteiger charge is -2.29. The van der Waals surface area contributed by atoms with Crippen molar-refractivity contribution in [2.45, 2.75) is 58.5 Å². The molecule has 2 aromatic carbocycles. The highest BCUT2D eigenvalue weighted by Crippen LogP contribution is 2.36. The summed E-state index contributed by atoms with van der Waals surface area (Å²) < 4.78 is 54.8. The van der Waals surface area contributed by atoms with E-state index in [2.05, 4.69) is 6.92 Å². The van der Waals surface area contributed by atoms with Crippen LogP contribution in [0.4, 0.5) is 13.2 Å². The maximum absolute atomic E-state index is 14.8. The molecular weight excluding hydrogens is 377 g/mol. The van der Waals surface area contributed by atoms with Crippen LogP contribution in [0.2, 0.25) is 0 Å². The van der Waals surface area contributed by atoms with Crippen LogP contribution < -0.4 is 4.74 Å². The molecule has 1 aliphatic heterocycles. The van der Waals surface area contributed by atoms with E-state index >= 15 is 0 Å². The molecule has 5 heteroatoms. The summed E-state index contributed by atoms with van der Waals surface area (Å²) in [5.41, 5.74) is 0.787. The number of hydrogen-bond acceptors (Lipinski definition) is 2. The Morgan fingerprint density at radius 2 is 1.83 bits per heavy atom. The number of hydrogen-bond donors (Lipinski definition) is 0. The van der Waals surface area contributed by atoms with Crippen molar-refractivity contribution in [3.63, 3.8) is 0 Å². The van der Waals surface area contributed by atoms with Gasteiger partial charge in [0.05, 0.1) is 19.3 Å². The van der Waals surface area contributed by atoms with Gasteiger partial charge in [-0.05, 0) is 55.4 Å². The van der Waals surface area contributed by atoms with E-state index in [1.807, 2.05) is 6.92 Å². The highest BCUT2D eigenvalue weighted by Gasteiger charge is 2.25. The molecule has 2 nitrogen and oxygen atoms in total. The van der Waals surface area contributed by atoms with Gasteiger partial charge in [0.2, 0.25) is 5.82 Å². The summed E-state index contributed by atoms with van der Waals surface area (Å²) >= 11 is 0. The Hall–Kier alpha value is -2.01. The largest absolute Gasteiger partial charge is 0.490 e. The molecular formula is C24H29F3O2. The average molecular weight is 406 g/mol. The van der Waals surface area contributed by atoms with E-state index in [0.29, 0.717) is 30.3 Å². The van der Waals surface area contributed by atoms with E-state index in [0.717, 1.165) is 38.5 Å². The molecule has 2 aromatic rings. The lowest BCUT2D eigenvalue weighted by Crippen LogP contribution is -2.21. The lowest BCUT2D eigenvalue weighted by molar-refractivity contribution is -0.0211. The normalized spacial score (nSPS) is 19.3. The first-order valence-corrected chi connectivity index (χ1v) is 10.6. The predicted octanol–water partition coefficient (Wildman–Crippen LogP) is 7.22. The molecule has 0 radical (unpaired) electrons. The van der Waals surface area contributed by atoms with Crippen LogP contribution in [-0.2, 0) is 4.74 Å². The Morgan fingerprint density at radius 3 is 2.48 bits per heavy atom. The third kappa shape index (κ3) is 5.13. The van der Waals surface area contributed by atoms with Gasteiger partial charge in [0.15, 0.2) is 11.6 Å². The van der Waals surface area contributed by atoms with Gasteiger partial charge in [-0.2, -0.15) is 4.39 Å². The topological polar surface area (TPSA) is 18.5 Å². The zero-order chi connectivity index (χ0) is 20.8. The molecule has 0 N–H and O–H groups in total. The Labute approximate surface area is 171 Å². The van der Waals surface area contributed by atoms with E-state index in [-0.39, 0.29) is 17.4 Å². The zero-order valence-corrected chi connectivity index (χ0v) is 17.1. The molecule has 1 aliphatic rings. The Bertz CT molecular complexity index is 814. The number of halogens is 3. The maximum Gasteiger partial charge on any atom is 0.201 e. The van der Waals surface area contributed by atoms with Gasteiger partial charge in [0.1, 0.15) is 5.82 Å². The minimum atomic E-state index is -1.04. The fourth-order valence-electron chi connectivity index (χ4n) is 3.84. The Balaban J connectivity index is 1.76. The molecule has 2 unspecified atom stereocenters. The van der Waals surface area contributed by atoms with E-state index < -0.39 is 17.5 Å². The fourth-order valence-corrected chi connectivity index (χ4v) is 3.84. The lowest BCUT2D eigenvalue weighted by atomic mass is 9.91. The van der Waals surface area contributed by atoms with Crippen LogP contribution in [0.3, 0.4) is 0 Å². The van der Waals surface area contributed by atoms with Crippen LogP contribution in [0.25, 0.3) is 11.1 Å². The number of ether oxygens (including phenoxy) is 2. The summed E-state index contributed by atoms with van der Waals surface area (Å²) in [7, 11) is 0. The zero-order valence-electron chi connectivity index (χ0n) is 17.1. The Kier molecular flexibility index (Phi) is 7.59. The summed E-state index contributed by atoms with van der Waals surface area (Å²) in [6.07, 6.45) is 5.40. The molecule has 0 aliphatic carbocycles. The van der Waals surface area contributed by atoms with Crippen molar-refractivity contribution in [1.82, 2.24) is 0 Å². The molecule has 0 amide bonds. The average Bonchev–Trinajstić information content (AvgIpc) is 2.72. The monoisotopic (exact) mass is 406 g/mol. The van der Waals surface area contributed by atoms with Gasteiger partial charge >= 0.3 is 0 Å². The number of rotatable bonds is 8. The van der Waals surface area contributed by atoms with Gasteiger partial charge in [-0.25, -0.2) is 8.78 Å². The van der Waals surface area contributed by atoms with E-state index in [9.17, 15) is 13.2 Å². The molecule has 1 heterocycles. The second-order valence-corrected chi connectivity index (χ2v) is 7.73. The third-order valence-corrected chi connectivity index (χ3v) is 5.53. The predicted molar refractivity (Wildman–Crippen MR) is 108 cm³/mol. The van der Waals surface area contributed by atoms with Crippen LogP contribution in [0.15, 0.2) is 30.3 Å². The van der Waals surface area contributed by atoms with Crippen molar-refractivity contribution in [3.05, 3.63) is 53.3 Å². The molecule has 158 valence electrons. The van der Waals surface area contributed by atoms with Crippen LogP contribution in [0, 0.1) is 23.4 Å². The molecule has 0 aromatic heterocycles. The molecule has 0 bridgehead atoms. The SMILES string of the molecule is CCCCOc1ccc(-c2ccc(C3CCC(CCC)CO3)c(F)c2)c(F)c1F. The molecule has 0 spiro atoms. The minimum absolute atomic E-state index is 0.0170. The molecule has 1 saturated heterocycles. The van der Waals surface area contributed by atoms with E-state index in [4.69, 9.17) is 9.47 Å². The molecule has 0 saturated carbocycles. The standard InChI is InChI=1S/C24H29F3O2/c1-3-5-13-28-22-12-10-18(23(26)24(22)27)17-8-9-19(20(25)14-17)21-11-7-16(6-4-2)15-29-21/h8-10,12,14,16,21H,3-7,11,13,15H2,1-2H3. The van der Waals surface area contributed by atoms with Gasteiger partial charge in [-0.1, -0.05) is 38.8 Å². The van der Waals surface area contributed by atoms with Crippen molar-refractivity contribution >= 4 is 0 Å². The van der Waals surface area contributed by atoms with Gasteiger partial charge in [0.25, 0.3) is 0 Å². The van der Waals surface area contributed by atoms with Crippen molar-refractivity contribution in [2.24, 2.45) is 5.92 Å². The summed E-state index contributed by atoms with van der Waals surface area (Å²) in [6.45, 7) is 5.11. The first-order chi connectivity index (χ1) is 14.0. The van der Waals surface area contributed by atoms with Crippen molar-refractivity contribution in [2.75, 3.05) is 13.2 Å². The van der Waals surface area contributed by atoms with Gasteiger partial charge < -0.3 is 9.47 Å². The highest BCUT2D eigenvalue weighted by molar-refractivity contribution is 5.66. The summed E-state index contributed by atoms with van der Waals surface area (Å²) in [5.74, 6) is -2.10. The number of benzene rings is 2. The Morgan fingerprint density at radius 1 is 1.00 bits per heavy atom. The van der Waals surface area contributed by atoms with Crippen LogP contribution in [-0.4, -0.2) is 13.2 Å². The third-order valence-electron chi connectivity index (χ3n) is 5.53.